The maximum Gasteiger partial charge on any atom is 0.189 e. The Kier molecular flexibility index (Phi) is 4.67. The summed E-state index contributed by atoms with van der Waals surface area (Å²) >= 11 is 3.42. The first-order valence-electron chi connectivity index (χ1n) is 6.71. The monoisotopic (exact) mass is 349 g/mol. The van der Waals surface area contributed by atoms with Crippen LogP contribution in [0.3, 0.4) is 0 Å². The van der Waals surface area contributed by atoms with Gasteiger partial charge in [0.15, 0.2) is 5.96 Å². The van der Waals surface area contributed by atoms with Crippen molar-refractivity contribution in [3.05, 3.63) is 46.7 Å². The number of rotatable bonds is 3. The molecule has 0 aliphatic rings. The molecule has 0 aliphatic carbocycles. The number of hydrogen-bond donors (Lipinski definition) is 2. The Morgan fingerprint density at radius 1 is 1.33 bits per heavy atom. The van der Waals surface area contributed by atoms with Gasteiger partial charge >= 0.3 is 0 Å². The Hall–Kier alpha value is -1.82. The van der Waals surface area contributed by atoms with Crippen LogP contribution in [0.4, 0.5) is 0 Å². The smallest absolute Gasteiger partial charge is 0.189 e. The number of benzene rings is 1. The highest BCUT2D eigenvalue weighted by atomic mass is 79.9. The maximum absolute atomic E-state index is 5.85. The highest BCUT2D eigenvalue weighted by Crippen LogP contribution is 2.14. The quantitative estimate of drug-likeness (QED) is 0.661. The van der Waals surface area contributed by atoms with Gasteiger partial charge in [0.05, 0.1) is 18.4 Å². The van der Waals surface area contributed by atoms with Gasteiger partial charge in [0, 0.05) is 21.8 Å². The second kappa shape index (κ2) is 6.30. The fraction of sp³-hybridized carbons (Fsp3) is 0.333. The molecule has 5 nitrogen and oxygen atoms in total. The predicted molar refractivity (Wildman–Crippen MR) is 89.5 cm³/mol. The number of nitrogens with one attached hydrogen (secondary N) is 1. The predicted octanol–water partition coefficient (Wildman–Crippen LogP) is 2.84. The van der Waals surface area contributed by atoms with Gasteiger partial charge in [0.1, 0.15) is 0 Å². The zero-order valence-corrected chi connectivity index (χ0v) is 14.1. The molecule has 112 valence electrons. The minimum absolute atomic E-state index is 0.0881. The van der Waals surface area contributed by atoms with Gasteiger partial charge in [-0.05, 0) is 45.0 Å². The third kappa shape index (κ3) is 4.90. The van der Waals surface area contributed by atoms with Crippen LogP contribution >= 0.6 is 15.9 Å². The van der Waals surface area contributed by atoms with E-state index >= 15 is 0 Å². The molecule has 2 aromatic rings. The van der Waals surface area contributed by atoms with Crippen LogP contribution in [0, 0.1) is 0 Å². The Labute approximate surface area is 133 Å². The van der Waals surface area contributed by atoms with E-state index in [2.05, 4.69) is 31.3 Å². The summed E-state index contributed by atoms with van der Waals surface area (Å²) in [7, 11) is 0. The van der Waals surface area contributed by atoms with Crippen molar-refractivity contribution in [3.8, 4) is 5.69 Å². The number of nitrogens with two attached hydrogens (primary N) is 1. The average molecular weight is 350 g/mol. The Morgan fingerprint density at radius 2 is 2.00 bits per heavy atom. The van der Waals surface area contributed by atoms with E-state index in [0.29, 0.717) is 12.5 Å². The molecule has 0 aliphatic heterocycles. The van der Waals surface area contributed by atoms with E-state index in [1.807, 2.05) is 55.9 Å². The normalized spacial score (nSPS) is 12.5. The third-order valence-corrected chi connectivity index (χ3v) is 3.19. The summed E-state index contributed by atoms with van der Waals surface area (Å²) in [4.78, 5) is 4.32. The van der Waals surface area contributed by atoms with Gasteiger partial charge in [0.25, 0.3) is 0 Å². The fourth-order valence-corrected chi connectivity index (χ4v) is 2.04. The van der Waals surface area contributed by atoms with Crippen molar-refractivity contribution in [1.29, 1.82) is 0 Å². The van der Waals surface area contributed by atoms with Crippen LogP contribution in [0.2, 0.25) is 0 Å². The van der Waals surface area contributed by atoms with E-state index in [0.717, 1.165) is 15.7 Å². The van der Waals surface area contributed by atoms with Crippen molar-refractivity contribution in [2.45, 2.75) is 32.9 Å². The third-order valence-electron chi connectivity index (χ3n) is 2.66. The van der Waals surface area contributed by atoms with Crippen molar-refractivity contribution < 1.29 is 0 Å². The highest BCUT2D eigenvalue weighted by Gasteiger charge is 2.09. The lowest BCUT2D eigenvalue weighted by molar-refractivity contribution is 0.508. The molecule has 1 aromatic heterocycles. The zero-order chi connectivity index (χ0) is 15.5. The van der Waals surface area contributed by atoms with Crippen LogP contribution in [0.15, 0.2) is 46.1 Å². The van der Waals surface area contributed by atoms with Crippen LogP contribution in [-0.2, 0) is 6.54 Å². The van der Waals surface area contributed by atoms with Crippen LogP contribution in [-0.4, -0.2) is 21.3 Å². The highest BCUT2D eigenvalue weighted by molar-refractivity contribution is 9.10. The molecule has 0 unspecified atom stereocenters. The van der Waals surface area contributed by atoms with E-state index in [1.54, 1.807) is 6.20 Å². The number of guanidine groups is 1. The van der Waals surface area contributed by atoms with Gasteiger partial charge in [-0.15, -0.1) is 0 Å². The van der Waals surface area contributed by atoms with Crippen LogP contribution < -0.4 is 11.1 Å². The van der Waals surface area contributed by atoms with E-state index in [1.165, 1.54) is 0 Å². The molecule has 0 amide bonds. The Morgan fingerprint density at radius 3 is 2.62 bits per heavy atom. The Bertz CT molecular complexity index is 622. The molecule has 2 rings (SSSR count). The lowest BCUT2D eigenvalue weighted by Gasteiger charge is -2.20. The minimum atomic E-state index is -0.0881. The lowest BCUT2D eigenvalue weighted by atomic mass is 10.1. The van der Waals surface area contributed by atoms with E-state index < -0.39 is 0 Å². The maximum atomic E-state index is 5.85. The van der Waals surface area contributed by atoms with Crippen molar-refractivity contribution in [3.63, 3.8) is 0 Å². The zero-order valence-electron chi connectivity index (χ0n) is 12.5. The molecule has 0 saturated heterocycles. The van der Waals surface area contributed by atoms with E-state index in [9.17, 15) is 0 Å². The van der Waals surface area contributed by atoms with Crippen LogP contribution in [0.5, 0.6) is 0 Å². The molecule has 0 fully saturated rings. The summed E-state index contributed by atoms with van der Waals surface area (Å²) < 4.78 is 2.87. The summed E-state index contributed by atoms with van der Waals surface area (Å²) in [5.74, 6) is 0.443. The second-order valence-corrected chi connectivity index (χ2v) is 6.76. The molecular formula is C15H20BrN5. The lowest BCUT2D eigenvalue weighted by Crippen LogP contribution is -2.44. The fourth-order valence-electron chi connectivity index (χ4n) is 1.78. The molecule has 0 atom stereocenters. The number of nitrogens with zero attached hydrogens (tertiary/aromatic N) is 3. The summed E-state index contributed by atoms with van der Waals surface area (Å²) in [6.07, 6.45) is 3.76. The van der Waals surface area contributed by atoms with Crippen molar-refractivity contribution >= 4 is 21.9 Å². The molecule has 21 heavy (non-hydrogen) atoms. The van der Waals surface area contributed by atoms with Gasteiger partial charge < -0.3 is 11.1 Å². The molecule has 6 heteroatoms. The first kappa shape index (κ1) is 15.6. The van der Waals surface area contributed by atoms with Gasteiger partial charge in [-0.1, -0.05) is 15.9 Å². The standard InChI is InChI=1S/C15H20BrN5/c1-15(2,3)20-14(17)18-8-11-9-19-21(10-11)13-6-4-12(16)5-7-13/h4-7,9-10H,8H2,1-3H3,(H3,17,18,20). The Balaban J connectivity index is 2.03. The number of halogens is 1. The van der Waals surface area contributed by atoms with E-state index in [-0.39, 0.29) is 5.54 Å². The summed E-state index contributed by atoms with van der Waals surface area (Å²) in [5.41, 5.74) is 7.78. The first-order valence-corrected chi connectivity index (χ1v) is 7.50. The largest absolute Gasteiger partial charge is 0.370 e. The van der Waals surface area contributed by atoms with Crippen molar-refractivity contribution in [2.24, 2.45) is 10.7 Å². The minimum Gasteiger partial charge on any atom is -0.370 e. The van der Waals surface area contributed by atoms with Gasteiger partial charge in [0.2, 0.25) is 0 Å². The number of hydrogen-bond acceptors (Lipinski definition) is 2. The van der Waals surface area contributed by atoms with Crippen LogP contribution in [0.25, 0.3) is 5.69 Å². The van der Waals surface area contributed by atoms with Crippen molar-refractivity contribution in [2.75, 3.05) is 0 Å². The summed E-state index contributed by atoms with van der Waals surface area (Å²) in [5, 5.41) is 7.47. The van der Waals surface area contributed by atoms with Crippen LogP contribution in [0.1, 0.15) is 26.3 Å². The molecule has 0 saturated carbocycles. The molecule has 0 bridgehead atoms. The molecular weight excluding hydrogens is 330 g/mol. The summed E-state index contributed by atoms with van der Waals surface area (Å²) in [6.45, 7) is 6.63. The SMILES string of the molecule is CC(C)(C)NC(N)=NCc1cnn(-c2ccc(Br)cc2)c1. The molecule has 3 N–H and O–H groups in total. The number of aliphatic imine (C=N–C) groups is 1. The van der Waals surface area contributed by atoms with Gasteiger partial charge in [-0.25, -0.2) is 9.67 Å². The summed E-state index contributed by atoms with van der Waals surface area (Å²) in [6, 6.07) is 7.97. The van der Waals surface area contributed by atoms with Gasteiger partial charge in [-0.3, -0.25) is 0 Å². The average Bonchev–Trinajstić information content (AvgIpc) is 2.84. The van der Waals surface area contributed by atoms with E-state index in [4.69, 9.17) is 5.73 Å². The van der Waals surface area contributed by atoms with Crippen molar-refractivity contribution in [1.82, 2.24) is 15.1 Å². The number of aromatic nitrogens is 2. The first-order chi connectivity index (χ1) is 9.83. The van der Waals surface area contributed by atoms with Gasteiger partial charge in [-0.2, -0.15) is 5.10 Å². The molecule has 1 heterocycles. The molecule has 0 radical (unpaired) electrons. The molecule has 0 spiro atoms. The topological polar surface area (TPSA) is 68.2 Å². The molecule has 1 aromatic carbocycles. The second-order valence-electron chi connectivity index (χ2n) is 5.85.